The fourth-order valence-corrected chi connectivity index (χ4v) is 2.71. The van der Waals surface area contributed by atoms with E-state index in [1.54, 1.807) is 0 Å². The van der Waals surface area contributed by atoms with Gasteiger partial charge in [-0.1, -0.05) is 23.2 Å². The topological polar surface area (TPSA) is 57.4 Å². The number of benzene rings is 2. The van der Waals surface area contributed by atoms with Crippen molar-refractivity contribution in [1.29, 1.82) is 0 Å². The molecule has 0 aliphatic heterocycles. The minimum Gasteiger partial charge on any atom is -0.342 e. The van der Waals surface area contributed by atoms with Gasteiger partial charge in [-0.3, -0.25) is 0 Å². The van der Waals surface area contributed by atoms with Gasteiger partial charge in [0.15, 0.2) is 0 Å². The van der Waals surface area contributed by atoms with Gasteiger partial charge in [-0.2, -0.15) is 0 Å². The van der Waals surface area contributed by atoms with Crippen LogP contribution >= 0.6 is 23.2 Å². The van der Waals surface area contributed by atoms with Crippen molar-refractivity contribution in [3.63, 3.8) is 0 Å². The molecule has 0 aliphatic carbocycles. The smallest absolute Gasteiger partial charge is 0.104 e. The summed E-state index contributed by atoms with van der Waals surface area (Å²) in [5.74, 6) is 1.84. The van der Waals surface area contributed by atoms with Crippen LogP contribution in [0.25, 0.3) is 22.1 Å². The molecule has 2 aromatic heterocycles. The molecule has 0 fully saturated rings. The van der Waals surface area contributed by atoms with Crippen LogP contribution in [0, 0.1) is 20.8 Å². The normalized spacial score (nSPS) is 10.8. The summed E-state index contributed by atoms with van der Waals surface area (Å²) in [7, 11) is 0. The van der Waals surface area contributed by atoms with Crippen molar-refractivity contribution in [1.82, 2.24) is 19.9 Å². The number of aromatic amines is 2. The van der Waals surface area contributed by atoms with Crippen LogP contribution in [0.15, 0.2) is 30.3 Å². The maximum atomic E-state index is 5.94. The van der Waals surface area contributed by atoms with Crippen LogP contribution in [-0.2, 0) is 0 Å². The molecular weight excluding hydrogens is 331 g/mol. The number of halogens is 2. The molecule has 0 bridgehead atoms. The Morgan fingerprint density at radius 3 is 2.09 bits per heavy atom. The summed E-state index contributed by atoms with van der Waals surface area (Å²) in [4.78, 5) is 14.8. The van der Waals surface area contributed by atoms with E-state index >= 15 is 0 Å². The Morgan fingerprint density at radius 2 is 1.39 bits per heavy atom. The zero-order chi connectivity index (χ0) is 16.6. The van der Waals surface area contributed by atoms with Gasteiger partial charge in [-0.25, -0.2) is 9.97 Å². The second kappa shape index (κ2) is 6.22. The van der Waals surface area contributed by atoms with Gasteiger partial charge >= 0.3 is 0 Å². The van der Waals surface area contributed by atoms with E-state index in [9.17, 15) is 0 Å². The van der Waals surface area contributed by atoms with E-state index in [1.807, 2.05) is 51.1 Å². The maximum absolute atomic E-state index is 5.94. The number of nitrogens with one attached hydrogen (secondary N) is 2. The maximum Gasteiger partial charge on any atom is 0.104 e. The second-order valence-corrected chi connectivity index (χ2v) is 6.27. The molecule has 0 aliphatic rings. The first-order chi connectivity index (χ1) is 10.9. The van der Waals surface area contributed by atoms with E-state index in [4.69, 9.17) is 23.2 Å². The van der Waals surface area contributed by atoms with Gasteiger partial charge in [0, 0.05) is 10.0 Å². The molecule has 0 atom stereocenters. The fraction of sp³-hybridized carbons (Fsp3) is 0.176. The molecule has 2 aromatic carbocycles. The molecule has 4 rings (SSSR count). The molecular formula is C17H16Cl2N4. The second-order valence-electron chi connectivity index (χ2n) is 5.42. The number of imidazole rings is 2. The van der Waals surface area contributed by atoms with E-state index in [-0.39, 0.29) is 0 Å². The van der Waals surface area contributed by atoms with Crippen LogP contribution in [0.3, 0.4) is 0 Å². The zero-order valence-electron chi connectivity index (χ0n) is 13.0. The highest BCUT2D eigenvalue weighted by atomic mass is 35.5. The van der Waals surface area contributed by atoms with E-state index in [0.717, 1.165) is 49.3 Å². The molecule has 4 aromatic rings. The molecule has 2 heterocycles. The van der Waals surface area contributed by atoms with Crippen molar-refractivity contribution in [3.8, 4) is 0 Å². The first-order valence-corrected chi connectivity index (χ1v) is 7.92. The lowest BCUT2D eigenvalue weighted by Crippen LogP contribution is -1.75. The number of H-pyrrole nitrogens is 2. The number of nitrogens with zero attached hydrogens (tertiary/aromatic N) is 2. The number of rotatable bonds is 0. The largest absolute Gasteiger partial charge is 0.342 e. The highest BCUT2D eigenvalue weighted by Crippen LogP contribution is 2.21. The highest BCUT2D eigenvalue weighted by Gasteiger charge is 2.02. The molecule has 0 unspecified atom stereocenters. The summed E-state index contributed by atoms with van der Waals surface area (Å²) in [6.45, 7) is 5.84. The summed E-state index contributed by atoms with van der Waals surface area (Å²) in [6.07, 6.45) is 0. The highest BCUT2D eigenvalue weighted by molar-refractivity contribution is 6.32. The fourth-order valence-electron chi connectivity index (χ4n) is 2.38. The summed E-state index contributed by atoms with van der Waals surface area (Å²) in [5.41, 5.74) is 5.02. The number of fused-ring (bicyclic) bond motifs is 2. The monoisotopic (exact) mass is 346 g/mol. The van der Waals surface area contributed by atoms with Crippen molar-refractivity contribution < 1.29 is 0 Å². The summed E-state index contributed by atoms with van der Waals surface area (Å²) < 4.78 is 0. The van der Waals surface area contributed by atoms with E-state index < -0.39 is 0 Å². The van der Waals surface area contributed by atoms with Crippen molar-refractivity contribution in [3.05, 3.63) is 57.6 Å². The van der Waals surface area contributed by atoms with Crippen LogP contribution < -0.4 is 0 Å². The van der Waals surface area contributed by atoms with Crippen LogP contribution in [0.2, 0.25) is 10.0 Å². The standard InChI is InChI=1S/C9H9ClN2.C8H7ClN2/c1-5-3-8-9(4-7(5)10)12-6(2)11-8;1-5-10-7-3-2-6(9)4-8(7)11-5/h3-4H,1-2H3,(H,11,12);2-4H,1H3,(H,10,11). The number of aryl methyl sites for hydroxylation is 3. The Bertz CT molecular complexity index is 946. The van der Waals surface area contributed by atoms with Gasteiger partial charge in [-0.05, 0) is 56.7 Å². The van der Waals surface area contributed by atoms with Crippen LogP contribution in [0.4, 0.5) is 0 Å². The Morgan fingerprint density at radius 1 is 0.783 bits per heavy atom. The third kappa shape index (κ3) is 3.49. The van der Waals surface area contributed by atoms with Crippen molar-refractivity contribution in [2.24, 2.45) is 0 Å². The molecule has 23 heavy (non-hydrogen) atoms. The van der Waals surface area contributed by atoms with Gasteiger partial charge in [-0.15, -0.1) is 0 Å². The Kier molecular flexibility index (Phi) is 4.28. The first-order valence-electron chi connectivity index (χ1n) is 7.17. The molecule has 4 nitrogen and oxygen atoms in total. The molecule has 0 spiro atoms. The van der Waals surface area contributed by atoms with Crippen molar-refractivity contribution in [2.75, 3.05) is 0 Å². The van der Waals surface area contributed by atoms with E-state index in [0.29, 0.717) is 0 Å². The summed E-state index contributed by atoms with van der Waals surface area (Å²) in [6, 6.07) is 9.51. The van der Waals surface area contributed by atoms with Gasteiger partial charge in [0.2, 0.25) is 0 Å². The quantitative estimate of drug-likeness (QED) is 0.450. The van der Waals surface area contributed by atoms with Crippen molar-refractivity contribution in [2.45, 2.75) is 20.8 Å². The van der Waals surface area contributed by atoms with Gasteiger partial charge in [0.05, 0.1) is 22.1 Å². The average molecular weight is 347 g/mol. The molecule has 0 radical (unpaired) electrons. The lowest BCUT2D eigenvalue weighted by atomic mass is 10.2. The van der Waals surface area contributed by atoms with Crippen LogP contribution in [0.5, 0.6) is 0 Å². The predicted molar refractivity (Wildman–Crippen MR) is 96.4 cm³/mol. The Balaban J connectivity index is 0.000000136. The predicted octanol–water partition coefficient (Wildman–Crippen LogP) is 5.36. The van der Waals surface area contributed by atoms with Gasteiger partial charge in [0.25, 0.3) is 0 Å². The minimum absolute atomic E-state index is 0.737. The third-order valence-corrected chi connectivity index (χ3v) is 4.09. The zero-order valence-corrected chi connectivity index (χ0v) is 14.5. The van der Waals surface area contributed by atoms with E-state index in [2.05, 4.69) is 19.9 Å². The lowest BCUT2D eigenvalue weighted by Gasteiger charge is -1.95. The molecule has 0 saturated heterocycles. The Labute approximate surface area is 143 Å². The average Bonchev–Trinajstić information content (AvgIpc) is 3.00. The molecule has 0 saturated carbocycles. The number of hydrogen-bond donors (Lipinski definition) is 2. The van der Waals surface area contributed by atoms with E-state index in [1.165, 1.54) is 0 Å². The Hall–Kier alpha value is -2.04. The molecule has 6 heteroatoms. The number of aromatic nitrogens is 4. The van der Waals surface area contributed by atoms with Gasteiger partial charge in [0.1, 0.15) is 11.6 Å². The molecule has 118 valence electrons. The third-order valence-electron chi connectivity index (χ3n) is 3.44. The number of hydrogen-bond acceptors (Lipinski definition) is 2. The lowest BCUT2D eigenvalue weighted by molar-refractivity contribution is 1.17. The molecule has 0 amide bonds. The minimum atomic E-state index is 0.737. The van der Waals surface area contributed by atoms with Gasteiger partial charge < -0.3 is 9.97 Å². The van der Waals surface area contributed by atoms with Crippen LogP contribution in [-0.4, -0.2) is 19.9 Å². The molecule has 2 N–H and O–H groups in total. The SMILES string of the molecule is Cc1nc2cc(Cl)c(C)cc2[nH]1.Cc1nc2ccc(Cl)cc2[nH]1. The van der Waals surface area contributed by atoms with Crippen molar-refractivity contribution >= 4 is 45.3 Å². The van der Waals surface area contributed by atoms with Crippen LogP contribution in [0.1, 0.15) is 17.2 Å². The summed E-state index contributed by atoms with van der Waals surface area (Å²) in [5, 5.41) is 1.51. The first kappa shape index (κ1) is 15.8. The summed E-state index contributed by atoms with van der Waals surface area (Å²) >= 11 is 11.7.